The van der Waals surface area contributed by atoms with Crippen LogP contribution >= 0.6 is 11.3 Å². The van der Waals surface area contributed by atoms with E-state index >= 15 is 0 Å². The second kappa shape index (κ2) is 10.9. The first-order chi connectivity index (χ1) is 16.9. The molecule has 182 valence electrons. The highest BCUT2D eigenvalue weighted by molar-refractivity contribution is 7.91. The Morgan fingerprint density at radius 2 is 1.83 bits per heavy atom. The van der Waals surface area contributed by atoms with Gasteiger partial charge >= 0.3 is 0 Å². The fourth-order valence-electron chi connectivity index (χ4n) is 3.51. The summed E-state index contributed by atoms with van der Waals surface area (Å²) in [4.78, 5) is 23.5. The van der Waals surface area contributed by atoms with Crippen LogP contribution in [0.1, 0.15) is 25.3 Å². The molecule has 0 saturated carbocycles. The molecule has 0 aliphatic rings. The number of ether oxygens (including phenoxy) is 1. The predicted octanol–water partition coefficient (Wildman–Crippen LogP) is 5.02. The molecule has 0 N–H and O–H groups in total. The van der Waals surface area contributed by atoms with Gasteiger partial charge in [0.25, 0.3) is 0 Å². The lowest BCUT2D eigenvalue weighted by molar-refractivity contribution is -0.118. The van der Waals surface area contributed by atoms with E-state index in [2.05, 4.69) is 9.97 Å². The molecule has 0 radical (unpaired) electrons. The number of benzene rings is 2. The van der Waals surface area contributed by atoms with Gasteiger partial charge in [0.1, 0.15) is 11.6 Å². The Bertz CT molecular complexity index is 1410. The van der Waals surface area contributed by atoms with Crippen molar-refractivity contribution in [1.29, 1.82) is 0 Å². The molecule has 2 heterocycles. The van der Waals surface area contributed by atoms with Crippen molar-refractivity contribution in [3.8, 4) is 5.75 Å². The minimum atomic E-state index is -3.63. The van der Waals surface area contributed by atoms with Crippen molar-refractivity contribution < 1.29 is 22.3 Å². The number of pyridine rings is 1. The molecule has 35 heavy (non-hydrogen) atoms. The number of nitrogens with zero attached hydrogens (tertiary/aromatic N) is 3. The molecule has 0 fully saturated rings. The summed E-state index contributed by atoms with van der Waals surface area (Å²) in [6.07, 6.45) is 3.45. The third-order valence-corrected chi connectivity index (χ3v) is 8.12. The molecule has 10 heteroatoms. The molecule has 7 nitrogen and oxygen atoms in total. The number of halogens is 1. The average molecular weight is 514 g/mol. The van der Waals surface area contributed by atoms with Crippen molar-refractivity contribution in [2.75, 3.05) is 17.3 Å². The van der Waals surface area contributed by atoms with Crippen molar-refractivity contribution >= 4 is 42.4 Å². The van der Waals surface area contributed by atoms with Crippen molar-refractivity contribution in [2.24, 2.45) is 0 Å². The fourth-order valence-corrected chi connectivity index (χ4v) is 5.83. The third kappa shape index (κ3) is 6.20. The molecule has 0 aliphatic heterocycles. The second-order valence-corrected chi connectivity index (χ2v) is 10.9. The summed E-state index contributed by atoms with van der Waals surface area (Å²) < 4.78 is 44.8. The van der Waals surface area contributed by atoms with Gasteiger partial charge in [-0.2, -0.15) is 0 Å². The van der Waals surface area contributed by atoms with E-state index in [1.54, 1.807) is 17.3 Å². The number of hydrogen-bond donors (Lipinski definition) is 0. The second-order valence-electron chi connectivity index (χ2n) is 7.77. The van der Waals surface area contributed by atoms with Crippen LogP contribution in [0.15, 0.2) is 71.9 Å². The topological polar surface area (TPSA) is 89.5 Å². The quantitative estimate of drug-likeness (QED) is 0.277. The van der Waals surface area contributed by atoms with Crippen LogP contribution in [0.5, 0.6) is 5.75 Å². The molecular formula is C25H24FN3O4S2. The maximum atomic E-state index is 13.3. The van der Waals surface area contributed by atoms with Crippen molar-refractivity contribution in [3.63, 3.8) is 0 Å². The van der Waals surface area contributed by atoms with Crippen LogP contribution in [0.3, 0.4) is 0 Å². The minimum absolute atomic E-state index is 0.0195. The number of carbonyl (C=O) groups excluding carboxylic acids is 1. The van der Waals surface area contributed by atoms with Gasteiger partial charge in [-0.05, 0) is 73.5 Å². The van der Waals surface area contributed by atoms with Gasteiger partial charge in [0, 0.05) is 18.8 Å². The maximum Gasteiger partial charge on any atom is 0.229 e. The Morgan fingerprint density at radius 1 is 1.09 bits per heavy atom. The first kappa shape index (κ1) is 24.7. The zero-order chi connectivity index (χ0) is 24.8. The SMILES string of the molecule is CCOc1ccc2nc(N(Cc3ccncc3)C(=O)CCCS(=O)(=O)c3ccc(F)cc3)sc2c1. The summed E-state index contributed by atoms with van der Waals surface area (Å²) in [5, 5.41) is 0.525. The number of sulfone groups is 1. The van der Waals surface area contributed by atoms with E-state index in [0.29, 0.717) is 11.7 Å². The molecule has 2 aromatic carbocycles. The lowest BCUT2D eigenvalue weighted by Gasteiger charge is -2.20. The summed E-state index contributed by atoms with van der Waals surface area (Å²) in [5.41, 5.74) is 1.63. The Balaban J connectivity index is 1.53. The van der Waals surface area contributed by atoms with Gasteiger partial charge in [-0.3, -0.25) is 14.7 Å². The maximum absolute atomic E-state index is 13.3. The minimum Gasteiger partial charge on any atom is -0.494 e. The lowest BCUT2D eigenvalue weighted by Crippen LogP contribution is -2.30. The summed E-state index contributed by atoms with van der Waals surface area (Å²) in [5.74, 6) is -0.228. The monoisotopic (exact) mass is 513 g/mol. The van der Waals surface area contributed by atoms with Gasteiger partial charge in [-0.25, -0.2) is 17.8 Å². The van der Waals surface area contributed by atoms with Gasteiger partial charge < -0.3 is 4.74 Å². The highest BCUT2D eigenvalue weighted by atomic mass is 32.2. The number of amides is 1. The van der Waals surface area contributed by atoms with Gasteiger partial charge in [-0.15, -0.1) is 0 Å². The number of rotatable bonds is 10. The van der Waals surface area contributed by atoms with Crippen LogP contribution in [-0.2, 0) is 21.2 Å². The molecule has 0 spiro atoms. The van der Waals surface area contributed by atoms with Crippen LogP contribution in [0.2, 0.25) is 0 Å². The number of fused-ring (bicyclic) bond motifs is 1. The highest BCUT2D eigenvalue weighted by Gasteiger charge is 2.22. The van der Waals surface area contributed by atoms with Crippen LogP contribution in [0.4, 0.5) is 9.52 Å². The zero-order valence-electron chi connectivity index (χ0n) is 19.1. The van der Waals surface area contributed by atoms with Crippen molar-refractivity contribution in [1.82, 2.24) is 9.97 Å². The molecule has 2 aromatic heterocycles. The normalized spacial score (nSPS) is 11.5. The largest absolute Gasteiger partial charge is 0.494 e. The van der Waals surface area contributed by atoms with Gasteiger partial charge in [0.05, 0.1) is 34.0 Å². The van der Waals surface area contributed by atoms with Crippen molar-refractivity contribution in [2.45, 2.75) is 31.2 Å². The Labute approximate surface area is 207 Å². The average Bonchev–Trinajstić information content (AvgIpc) is 3.26. The van der Waals surface area contributed by atoms with Crippen LogP contribution in [-0.4, -0.2) is 36.7 Å². The van der Waals surface area contributed by atoms with E-state index in [0.717, 1.165) is 33.7 Å². The number of thiazole rings is 1. The Kier molecular flexibility index (Phi) is 7.72. The summed E-state index contributed by atoms with van der Waals surface area (Å²) in [6, 6.07) is 13.9. The molecular weight excluding hydrogens is 489 g/mol. The molecule has 4 rings (SSSR count). The number of hydrogen-bond acceptors (Lipinski definition) is 7. The molecule has 0 atom stereocenters. The lowest BCUT2D eigenvalue weighted by atomic mass is 10.2. The summed E-state index contributed by atoms with van der Waals surface area (Å²) in [6.45, 7) is 2.74. The first-order valence-corrected chi connectivity index (χ1v) is 13.5. The standard InChI is InChI=1S/C25H24FN3O4S2/c1-2-33-20-7-10-22-23(16-20)34-25(28-22)29(17-18-11-13-27-14-12-18)24(30)4-3-15-35(31,32)21-8-5-19(26)6-9-21/h5-14,16H,2-4,15,17H2,1H3. The zero-order valence-corrected chi connectivity index (χ0v) is 20.7. The first-order valence-electron chi connectivity index (χ1n) is 11.1. The van der Waals surface area contributed by atoms with E-state index < -0.39 is 15.7 Å². The highest BCUT2D eigenvalue weighted by Crippen LogP contribution is 2.33. The summed E-state index contributed by atoms with van der Waals surface area (Å²) >= 11 is 1.37. The smallest absolute Gasteiger partial charge is 0.229 e. The molecule has 0 bridgehead atoms. The van der Waals surface area contributed by atoms with Crippen LogP contribution in [0.25, 0.3) is 10.2 Å². The van der Waals surface area contributed by atoms with E-state index in [9.17, 15) is 17.6 Å². The molecule has 1 amide bonds. The van der Waals surface area contributed by atoms with Crippen LogP contribution in [0, 0.1) is 5.82 Å². The van der Waals surface area contributed by atoms with Gasteiger partial charge in [0.2, 0.25) is 5.91 Å². The molecule has 0 aliphatic carbocycles. The Hall–Kier alpha value is -3.37. The Morgan fingerprint density at radius 3 is 2.54 bits per heavy atom. The number of aromatic nitrogens is 2. The van der Waals surface area contributed by atoms with E-state index in [-0.39, 0.29) is 35.9 Å². The number of carbonyl (C=O) groups is 1. The third-order valence-electron chi connectivity index (χ3n) is 5.26. The van der Waals surface area contributed by atoms with E-state index in [1.165, 1.54) is 23.5 Å². The van der Waals surface area contributed by atoms with Gasteiger partial charge in [-0.1, -0.05) is 11.3 Å². The number of anilines is 1. The molecule has 0 saturated heterocycles. The molecule has 0 unspecified atom stereocenters. The van der Waals surface area contributed by atoms with E-state index in [1.807, 2.05) is 37.3 Å². The van der Waals surface area contributed by atoms with E-state index in [4.69, 9.17) is 4.74 Å². The molecule has 4 aromatic rings. The van der Waals surface area contributed by atoms with Crippen LogP contribution < -0.4 is 9.64 Å². The predicted molar refractivity (Wildman–Crippen MR) is 134 cm³/mol. The van der Waals surface area contributed by atoms with Crippen molar-refractivity contribution in [3.05, 3.63) is 78.4 Å². The fraction of sp³-hybridized carbons (Fsp3) is 0.240. The van der Waals surface area contributed by atoms with Gasteiger partial charge in [0.15, 0.2) is 15.0 Å². The summed E-state index contributed by atoms with van der Waals surface area (Å²) in [7, 11) is -3.63.